The Kier molecular flexibility index (Phi) is 10.1. The van der Waals surface area contributed by atoms with Crippen LogP contribution in [0.2, 0.25) is 0 Å². The fourth-order valence-corrected chi connectivity index (χ4v) is 7.17. The predicted molar refractivity (Wildman–Crippen MR) is 146 cm³/mol. The monoisotopic (exact) mass is 500 g/mol. The first-order valence-corrected chi connectivity index (χ1v) is 14.4. The SMILES string of the molecule is CC(C)CCC[C@@H](C)[C@H]1C[C@H](O)[C@H]2[C@H](CCOC(=O)C(C)(C)C)[C@H](OCc3ccccc3)CC[C@@]21C. The third-order valence-electron chi connectivity index (χ3n) is 9.16. The van der Waals surface area contributed by atoms with Crippen molar-refractivity contribution in [2.75, 3.05) is 6.61 Å². The topological polar surface area (TPSA) is 55.8 Å². The van der Waals surface area contributed by atoms with E-state index in [1.807, 2.05) is 39.0 Å². The van der Waals surface area contributed by atoms with Gasteiger partial charge in [-0.2, -0.15) is 0 Å². The molecule has 1 aromatic rings. The van der Waals surface area contributed by atoms with Gasteiger partial charge >= 0.3 is 5.97 Å². The number of ether oxygens (including phenoxy) is 2. The molecule has 0 aromatic heterocycles. The molecule has 36 heavy (non-hydrogen) atoms. The highest BCUT2D eigenvalue weighted by atomic mass is 16.5. The first-order valence-electron chi connectivity index (χ1n) is 14.4. The summed E-state index contributed by atoms with van der Waals surface area (Å²) in [6.07, 6.45) is 7.24. The van der Waals surface area contributed by atoms with E-state index in [1.54, 1.807) is 0 Å². The number of fused-ring (bicyclic) bond motifs is 1. The molecule has 1 aromatic carbocycles. The summed E-state index contributed by atoms with van der Waals surface area (Å²) in [6.45, 7) is 16.1. The first kappa shape index (κ1) is 29.2. The molecule has 0 spiro atoms. The van der Waals surface area contributed by atoms with E-state index in [1.165, 1.54) is 24.8 Å². The molecule has 7 atom stereocenters. The van der Waals surface area contributed by atoms with Gasteiger partial charge in [0, 0.05) is 0 Å². The van der Waals surface area contributed by atoms with Crippen molar-refractivity contribution in [2.45, 2.75) is 112 Å². The van der Waals surface area contributed by atoms with Gasteiger partial charge in [-0.15, -0.1) is 0 Å². The molecule has 4 nitrogen and oxygen atoms in total. The Morgan fingerprint density at radius 3 is 2.47 bits per heavy atom. The fraction of sp³-hybridized carbons (Fsp3) is 0.781. The molecule has 2 aliphatic carbocycles. The molecule has 0 radical (unpaired) electrons. The smallest absolute Gasteiger partial charge is 0.311 e. The Morgan fingerprint density at radius 1 is 1.14 bits per heavy atom. The number of carbonyl (C=O) groups excluding carboxylic acids is 1. The minimum absolute atomic E-state index is 0.0706. The van der Waals surface area contributed by atoms with Crippen molar-refractivity contribution in [3.63, 3.8) is 0 Å². The Balaban J connectivity index is 1.75. The van der Waals surface area contributed by atoms with Crippen LogP contribution in [-0.2, 0) is 20.9 Å². The van der Waals surface area contributed by atoms with Gasteiger partial charge in [-0.3, -0.25) is 4.79 Å². The van der Waals surface area contributed by atoms with Crippen molar-refractivity contribution in [2.24, 2.45) is 40.4 Å². The minimum atomic E-state index is -0.506. The van der Waals surface area contributed by atoms with Crippen molar-refractivity contribution < 1.29 is 19.4 Å². The lowest BCUT2D eigenvalue weighted by molar-refractivity contribution is -0.156. The van der Waals surface area contributed by atoms with Crippen LogP contribution in [0.25, 0.3) is 0 Å². The van der Waals surface area contributed by atoms with Gasteiger partial charge in [0.25, 0.3) is 0 Å². The molecule has 3 rings (SSSR count). The van der Waals surface area contributed by atoms with E-state index in [9.17, 15) is 9.90 Å². The molecule has 0 heterocycles. The van der Waals surface area contributed by atoms with Crippen LogP contribution >= 0.6 is 0 Å². The number of rotatable bonds is 11. The molecular formula is C32H52O4. The quantitative estimate of drug-likeness (QED) is 0.321. The van der Waals surface area contributed by atoms with Gasteiger partial charge in [0.2, 0.25) is 0 Å². The Morgan fingerprint density at radius 2 is 1.83 bits per heavy atom. The van der Waals surface area contributed by atoms with Crippen molar-refractivity contribution >= 4 is 5.97 Å². The maximum absolute atomic E-state index is 12.4. The molecule has 204 valence electrons. The molecule has 2 aliphatic rings. The standard InChI is InChI=1S/C32H52O4/c1-22(2)12-11-13-23(3)26-20-27(33)29-25(17-19-35-30(34)31(4,5)6)28(16-18-32(26,29)7)36-21-24-14-9-8-10-15-24/h8-10,14-15,22-23,25-29,33H,11-13,16-21H2,1-7H3/t23-,25-,26-,27+,28-,29-,32-/m1/s1. The van der Waals surface area contributed by atoms with Crippen molar-refractivity contribution in [3.05, 3.63) is 35.9 Å². The Labute approximate surface area is 220 Å². The van der Waals surface area contributed by atoms with Gasteiger partial charge in [0.1, 0.15) is 0 Å². The highest BCUT2D eigenvalue weighted by Crippen LogP contribution is 2.61. The van der Waals surface area contributed by atoms with E-state index in [-0.39, 0.29) is 35.4 Å². The third kappa shape index (κ3) is 7.13. The van der Waals surface area contributed by atoms with E-state index in [0.717, 1.165) is 31.6 Å². The van der Waals surface area contributed by atoms with E-state index < -0.39 is 5.41 Å². The summed E-state index contributed by atoms with van der Waals surface area (Å²) in [5, 5.41) is 11.5. The number of benzene rings is 1. The first-order chi connectivity index (χ1) is 16.9. The highest BCUT2D eigenvalue weighted by molar-refractivity contribution is 5.75. The predicted octanol–water partition coefficient (Wildman–Crippen LogP) is 7.43. The second-order valence-corrected chi connectivity index (χ2v) is 13.5. The van der Waals surface area contributed by atoms with Crippen LogP contribution in [0.15, 0.2) is 30.3 Å². The number of aliphatic hydroxyl groups is 1. The summed E-state index contributed by atoms with van der Waals surface area (Å²) in [4.78, 5) is 12.4. The van der Waals surface area contributed by atoms with Crippen LogP contribution in [0.1, 0.15) is 99.0 Å². The van der Waals surface area contributed by atoms with Crippen LogP contribution in [0.3, 0.4) is 0 Å². The molecule has 1 N–H and O–H groups in total. The van der Waals surface area contributed by atoms with E-state index in [2.05, 4.69) is 39.8 Å². The summed E-state index contributed by atoms with van der Waals surface area (Å²) in [7, 11) is 0. The molecule has 0 saturated heterocycles. The summed E-state index contributed by atoms with van der Waals surface area (Å²) in [6, 6.07) is 10.3. The molecule has 0 unspecified atom stereocenters. The lowest BCUT2D eigenvalue weighted by Crippen LogP contribution is -2.48. The average Bonchev–Trinajstić information content (AvgIpc) is 3.08. The lowest BCUT2D eigenvalue weighted by Gasteiger charge is -2.50. The summed E-state index contributed by atoms with van der Waals surface area (Å²) < 4.78 is 12.3. The zero-order valence-electron chi connectivity index (χ0n) is 24.0. The molecule has 0 amide bonds. The Bertz CT molecular complexity index is 813. The number of hydrogen-bond donors (Lipinski definition) is 1. The van der Waals surface area contributed by atoms with E-state index in [4.69, 9.17) is 9.47 Å². The number of carbonyl (C=O) groups is 1. The van der Waals surface area contributed by atoms with E-state index in [0.29, 0.717) is 25.0 Å². The maximum Gasteiger partial charge on any atom is 0.311 e. The van der Waals surface area contributed by atoms with Crippen LogP contribution in [0, 0.1) is 40.4 Å². The Hall–Kier alpha value is -1.39. The van der Waals surface area contributed by atoms with Gasteiger partial charge in [0.05, 0.1) is 30.8 Å². The van der Waals surface area contributed by atoms with Gasteiger partial charge in [-0.05, 0) is 87.0 Å². The van der Waals surface area contributed by atoms with Crippen LogP contribution in [-0.4, -0.2) is 29.9 Å². The van der Waals surface area contributed by atoms with Gasteiger partial charge in [-0.1, -0.05) is 77.3 Å². The van der Waals surface area contributed by atoms with Gasteiger partial charge in [-0.25, -0.2) is 0 Å². The number of esters is 1. The van der Waals surface area contributed by atoms with Gasteiger partial charge < -0.3 is 14.6 Å². The molecule has 0 aliphatic heterocycles. The van der Waals surface area contributed by atoms with Gasteiger partial charge in [0.15, 0.2) is 0 Å². The molecule has 2 fully saturated rings. The van der Waals surface area contributed by atoms with Crippen LogP contribution in [0.5, 0.6) is 0 Å². The molecular weight excluding hydrogens is 448 g/mol. The molecule has 4 heteroatoms. The second-order valence-electron chi connectivity index (χ2n) is 13.5. The number of hydrogen-bond acceptors (Lipinski definition) is 4. The summed E-state index contributed by atoms with van der Waals surface area (Å²) in [5.74, 6) is 2.08. The lowest BCUT2D eigenvalue weighted by atomic mass is 9.57. The normalized spacial score (nSPS) is 31.3. The highest BCUT2D eigenvalue weighted by Gasteiger charge is 2.58. The maximum atomic E-state index is 12.4. The zero-order valence-corrected chi connectivity index (χ0v) is 24.0. The zero-order chi connectivity index (χ0) is 26.5. The van der Waals surface area contributed by atoms with Crippen LogP contribution in [0.4, 0.5) is 0 Å². The largest absolute Gasteiger partial charge is 0.465 e. The fourth-order valence-electron chi connectivity index (χ4n) is 7.17. The second kappa shape index (κ2) is 12.4. The van der Waals surface area contributed by atoms with Crippen molar-refractivity contribution in [3.8, 4) is 0 Å². The molecule has 2 saturated carbocycles. The van der Waals surface area contributed by atoms with Crippen LogP contribution < -0.4 is 0 Å². The van der Waals surface area contributed by atoms with Crippen molar-refractivity contribution in [1.29, 1.82) is 0 Å². The van der Waals surface area contributed by atoms with E-state index >= 15 is 0 Å². The minimum Gasteiger partial charge on any atom is -0.465 e. The summed E-state index contributed by atoms with van der Waals surface area (Å²) in [5.41, 5.74) is 0.766. The third-order valence-corrected chi connectivity index (χ3v) is 9.16. The molecule has 0 bridgehead atoms. The average molecular weight is 501 g/mol. The summed E-state index contributed by atoms with van der Waals surface area (Å²) >= 11 is 0. The van der Waals surface area contributed by atoms with Crippen molar-refractivity contribution in [1.82, 2.24) is 0 Å². The number of aliphatic hydroxyl groups excluding tert-OH is 1.